The molecule has 0 saturated carbocycles. The Morgan fingerprint density at radius 3 is 2.89 bits per heavy atom. The molecular formula is C14H19N3OS. The van der Waals surface area contributed by atoms with Crippen LogP contribution < -0.4 is 0 Å². The van der Waals surface area contributed by atoms with Gasteiger partial charge in [0.25, 0.3) is 0 Å². The number of hydrogen-bond acceptors (Lipinski definition) is 4. The maximum Gasteiger partial charge on any atom is 0.191 e. The molecule has 1 heterocycles. The summed E-state index contributed by atoms with van der Waals surface area (Å²) in [5.41, 5.74) is 1.36. The van der Waals surface area contributed by atoms with Gasteiger partial charge in [-0.2, -0.15) is 0 Å². The van der Waals surface area contributed by atoms with Crippen molar-refractivity contribution in [3.8, 4) is 0 Å². The Bertz CT molecular complexity index is 473. The van der Waals surface area contributed by atoms with E-state index in [1.807, 2.05) is 6.07 Å². The molecule has 5 heteroatoms. The van der Waals surface area contributed by atoms with E-state index in [1.165, 1.54) is 5.56 Å². The zero-order valence-electron chi connectivity index (χ0n) is 11.2. The largest absolute Gasteiger partial charge is 0.385 e. The minimum atomic E-state index is 0.770. The molecule has 0 atom stereocenters. The maximum atomic E-state index is 5.06. The van der Waals surface area contributed by atoms with Crippen molar-refractivity contribution < 1.29 is 4.74 Å². The highest BCUT2D eigenvalue weighted by Gasteiger charge is 2.04. The number of benzene rings is 1. The number of aromatic nitrogens is 3. The number of aryl methyl sites for hydroxylation is 2. The van der Waals surface area contributed by atoms with Crippen LogP contribution in [0, 0.1) is 0 Å². The summed E-state index contributed by atoms with van der Waals surface area (Å²) in [5, 5.41) is 9.13. The first kappa shape index (κ1) is 14.1. The monoisotopic (exact) mass is 277 g/mol. The highest BCUT2D eigenvalue weighted by Crippen LogP contribution is 2.16. The van der Waals surface area contributed by atoms with Crippen LogP contribution in [0.25, 0.3) is 0 Å². The SMILES string of the molecule is COCCCn1cnnc1SCCc1ccccc1. The van der Waals surface area contributed by atoms with Crippen molar-refractivity contribution >= 4 is 11.8 Å². The van der Waals surface area contributed by atoms with E-state index in [0.29, 0.717) is 0 Å². The van der Waals surface area contributed by atoms with Gasteiger partial charge < -0.3 is 9.30 Å². The van der Waals surface area contributed by atoms with E-state index >= 15 is 0 Å². The molecule has 2 aromatic rings. The third-order valence-electron chi connectivity index (χ3n) is 2.79. The van der Waals surface area contributed by atoms with Gasteiger partial charge in [0, 0.05) is 26.0 Å². The highest BCUT2D eigenvalue weighted by molar-refractivity contribution is 7.99. The van der Waals surface area contributed by atoms with Crippen molar-refractivity contribution in [3.63, 3.8) is 0 Å². The summed E-state index contributed by atoms with van der Waals surface area (Å²) in [6, 6.07) is 10.5. The van der Waals surface area contributed by atoms with E-state index < -0.39 is 0 Å². The van der Waals surface area contributed by atoms with Crippen molar-refractivity contribution in [2.45, 2.75) is 24.5 Å². The first-order chi connectivity index (χ1) is 9.40. The van der Waals surface area contributed by atoms with Crippen LogP contribution in [0.5, 0.6) is 0 Å². The minimum absolute atomic E-state index is 0.770. The van der Waals surface area contributed by atoms with E-state index in [4.69, 9.17) is 4.74 Å². The molecule has 0 radical (unpaired) electrons. The lowest BCUT2D eigenvalue weighted by Crippen LogP contribution is -2.02. The summed E-state index contributed by atoms with van der Waals surface area (Å²) < 4.78 is 7.15. The van der Waals surface area contributed by atoms with Crippen LogP contribution in [0.4, 0.5) is 0 Å². The van der Waals surface area contributed by atoms with Gasteiger partial charge in [0.1, 0.15) is 6.33 Å². The Labute approximate surface area is 118 Å². The standard InChI is InChI=1S/C14H19N3OS/c1-18-10-5-9-17-12-15-16-14(17)19-11-8-13-6-3-2-4-7-13/h2-4,6-7,12H,5,8-11H2,1H3. The molecule has 0 bridgehead atoms. The third kappa shape index (κ3) is 4.69. The molecule has 0 saturated heterocycles. The van der Waals surface area contributed by atoms with Gasteiger partial charge in [0.15, 0.2) is 5.16 Å². The molecule has 0 aliphatic heterocycles. The third-order valence-corrected chi connectivity index (χ3v) is 3.77. The molecule has 0 aliphatic carbocycles. The van der Waals surface area contributed by atoms with E-state index in [0.717, 1.165) is 36.9 Å². The molecule has 1 aromatic carbocycles. The predicted molar refractivity (Wildman–Crippen MR) is 77.4 cm³/mol. The van der Waals surface area contributed by atoms with Gasteiger partial charge in [-0.25, -0.2) is 0 Å². The molecule has 0 aliphatic rings. The van der Waals surface area contributed by atoms with E-state index in [9.17, 15) is 0 Å². The number of nitrogens with zero attached hydrogens (tertiary/aromatic N) is 3. The zero-order valence-corrected chi connectivity index (χ0v) is 12.0. The molecule has 0 spiro atoms. The Morgan fingerprint density at radius 1 is 1.26 bits per heavy atom. The van der Waals surface area contributed by atoms with Gasteiger partial charge in [-0.3, -0.25) is 0 Å². The fraction of sp³-hybridized carbons (Fsp3) is 0.429. The van der Waals surface area contributed by atoms with Gasteiger partial charge in [-0.05, 0) is 18.4 Å². The molecule has 4 nitrogen and oxygen atoms in total. The van der Waals surface area contributed by atoms with Gasteiger partial charge >= 0.3 is 0 Å². The van der Waals surface area contributed by atoms with Crippen LogP contribution in [0.1, 0.15) is 12.0 Å². The molecule has 2 rings (SSSR count). The zero-order chi connectivity index (χ0) is 13.3. The van der Waals surface area contributed by atoms with Crippen LogP contribution in [-0.4, -0.2) is 34.2 Å². The van der Waals surface area contributed by atoms with Crippen LogP contribution in [0.2, 0.25) is 0 Å². The summed E-state index contributed by atoms with van der Waals surface area (Å²) in [7, 11) is 1.72. The average molecular weight is 277 g/mol. The summed E-state index contributed by atoms with van der Waals surface area (Å²) in [6.45, 7) is 1.68. The fourth-order valence-corrected chi connectivity index (χ4v) is 2.72. The number of thioether (sulfide) groups is 1. The summed E-state index contributed by atoms with van der Waals surface area (Å²) in [5.74, 6) is 1.02. The lowest BCUT2D eigenvalue weighted by atomic mass is 10.2. The topological polar surface area (TPSA) is 39.9 Å². The smallest absolute Gasteiger partial charge is 0.191 e. The molecule has 0 fully saturated rings. The van der Waals surface area contributed by atoms with E-state index in [2.05, 4.69) is 39.0 Å². The van der Waals surface area contributed by atoms with Gasteiger partial charge in [0.05, 0.1) is 0 Å². The second-order valence-electron chi connectivity index (χ2n) is 4.24. The Kier molecular flexibility index (Phi) is 5.91. The lowest BCUT2D eigenvalue weighted by Gasteiger charge is -2.05. The lowest BCUT2D eigenvalue weighted by molar-refractivity contribution is 0.189. The van der Waals surface area contributed by atoms with Gasteiger partial charge in [-0.1, -0.05) is 42.1 Å². The number of hydrogen-bond donors (Lipinski definition) is 0. The molecule has 1 aromatic heterocycles. The summed E-state index contributed by atoms with van der Waals surface area (Å²) in [4.78, 5) is 0. The quantitative estimate of drug-likeness (QED) is 0.549. The van der Waals surface area contributed by atoms with Crippen LogP contribution in [0.15, 0.2) is 41.8 Å². The molecule has 0 N–H and O–H groups in total. The van der Waals surface area contributed by atoms with E-state index in [-0.39, 0.29) is 0 Å². The first-order valence-electron chi connectivity index (χ1n) is 6.43. The molecule has 0 amide bonds. The second-order valence-corrected chi connectivity index (χ2v) is 5.30. The summed E-state index contributed by atoms with van der Waals surface area (Å²) >= 11 is 1.76. The fourth-order valence-electron chi connectivity index (χ4n) is 1.79. The number of methoxy groups -OCH3 is 1. The van der Waals surface area contributed by atoms with Crippen molar-refractivity contribution in [3.05, 3.63) is 42.2 Å². The van der Waals surface area contributed by atoms with Crippen LogP contribution in [0.3, 0.4) is 0 Å². The predicted octanol–water partition coefficient (Wildman–Crippen LogP) is 2.65. The highest BCUT2D eigenvalue weighted by atomic mass is 32.2. The Hall–Kier alpha value is -1.33. The van der Waals surface area contributed by atoms with Crippen molar-refractivity contribution in [2.75, 3.05) is 19.5 Å². The molecule has 19 heavy (non-hydrogen) atoms. The van der Waals surface area contributed by atoms with Gasteiger partial charge in [0.2, 0.25) is 0 Å². The number of ether oxygens (including phenoxy) is 1. The van der Waals surface area contributed by atoms with E-state index in [1.54, 1.807) is 25.2 Å². The molecular weight excluding hydrogens is 258 g/mol. The first-order valence-corrected chi connectivity index (χ1v) is 7.42. The van der Waals surface area contributed by atoms with Crippen LogP contribution >= 0.6 is 11.8 Å². The normalized spacial score (nSPS) is 10.8. The summed E-state index contributed by atoms with van der Waals surface area (Å²) in [6.07, 6.45) is 3.83. The maximum absolute atomic E-state index is 5.06. The van der Waals surface area contributed by atoms with Crippen molar-refractivity contribution in [1.29, 1.82) is 0 Å². The number of rotatable bonds is 8. The molecule has 102 valence electrons. The van der Waals surface area contributed by atoms with Crippen molar-refractivity contribution in [2.24, 2.45) is 0 Å². The van der Waals surface area contributed by atoms with Gasteiger partial charge in [-0.15, -0.1) is 10.2 Å². The Balaban J connectivity index is 1.78. The Morgan fingerprint density at radius 2 is 2.11 bits per heavy atom. The molecule has 0 unspecified atom stereocenters. The average Bonchev–Trinajstić information content (AvgIpc) is 2.88. The van der Waals surface area contributed by atoms with Crippen molar-refractivity contribution in [1.82, 2.24) is 14.8 Å². The van der Waals surface area contributed by atoms with Crippen LogP contribution in [-0.2, 0) is 17.7 Å². The minimum Gasteiger partial charge on any atom is -0.385 e. The second kappa shape index (κ2) is 7.96.